The van der Waals surface area contributed by atoms with E-state index < -0.39 is 0 Å². The number of rotatable bonds is 6. The van der Waals surface area contributed by atoms with Crippen LogP contribution >= 0.6 is 0 Å². The van der Waals surface area contributed by atoms with Crippen LogP contribution < -0.4 is 5.32 Å². The molecule has 0 bridgehead atoms. The molecule has 2 atom stereocenters. The van der Waals surface area contributed by atoms with Gasteiger partial charge in [0.1, 0.15) is 0 Å². The lowest BCUT2D eigenvalue weighted by molar-refractivity contribution is -0.129. The van der Waals surface area contributed by atoms with Crippen LogP contribution in [0.15, 0.2) is 30.3 Å². The fourth-order valence-electron chi connectivity index (χ4n) is 2.63. The summed E-state index contributed by atoms with van der Waals surface area (Å²) in [5.41, 5.74) is 1.06. The number of amides is 2. The molecule has 1 saturated heterocycles. The molecule has 1 aliphatic heterocycles. The van der Waals surface area contributed by atoms with Crippen LogP contribution in [0.2, 0.25) is 0 Å². The van der Waals surface area contributed by atoms with E-state index in [1.54, 1.807) is 4.90 Å². The highest BCUT2D eigenvalue weighted by atomic mass is 16.3. The van der Waals surface area contributed by atoms with Crippen LogP contribution in [0.3, 0.4) is 0 Å². The lowest BCUT2D eigenvalue weighted by atomic mass is 10.0. The van der Waals surface area contributed by atoms with E-state index in [4.69, 9.17) is 0 Å². The van der Waals surface area contributed by atoms with Crippen LogP contribution in [0.4, 0.5) is 0 Å². The van der Waals surface area contributed by atoms with E-state index in [0.717, 1.165) is 5.56 Å². The van der Waals surface area contributed by atoms with E-state index in [0.29, 0.717) is 19.5 Å². The molecule has 5 heteroatoms. The number of aliphatic hydroxyl groups excluding tert-OH is 1. The van der Waals surface area contributed by atoms with E-state index >= 15 is 0 Å². The first kappa shape index (κ1) is 15.5. The van der Waals surface area contributed by atoms with Crippen LogP contribution in [-0.2, 0) is 16.0 Å². The summed E-state index contributed by atoms with van der Waals surface area (Å²) in [7, 11) is 0. The summed E-state index contributed by atoms with van der Waals surface area (Å²) in [6, 6.07) is 9.41. The van der Waals surface area contributed by atoms with Crippen molar-refractivity contribution in [1.82, 2.24) is 10.2 Å². The van der Waals surface area contributed by atoms with Gasteiger partial charge in [0.05, 0.1) is 18.6 Å². The zero-order chi connectivity index (χ0) is 15.2. The Hall–Kier alpha value is -1.88. The molecule has 0 spiro atoms. The summed E-state index contributed by atoms with van der Waals surface area (Å²) in [6.45, 7) is 2.91. The molecular weight excluding hydrogens is 268 g/mol. The van der Waals surface area contributed by atoms with Gasteiger partial charge in [0.15, 0.2) is 0 Å². The van der Waals surface area contributed by atoms with Gasteiger partial charge in [-0.3, -0.25) is 9.59 Å². The van der Waals surface area contributed by atoms with Crippen molar-refractivity contribution in [1.29, 1.82) is 0 Å². The molecule has 1 aromatic rings. The van der Waals surface area contributed by atoms with Crippen molar-refractivity contribution in [3.63, 3.8) is 0 Å². The molecule has 2 amide bonds. The standard InChI is InChI=1S/C16H22N2O3/c1-2-18-10-13(9-15(18)20)16(21)17-14(11-19)8-12-6-4-3-5-7-12/h3-7,13-14,19H,2,8-11H2,1H3,(H,17,21)/t13?,14-/m0/s1. The minimum absolute atomic E-state index is 0.0289. The smallest absolute Gasteiger partial charge is 0.225 e. The summed E-state index contributed by atoms with van der Waals surface area (Å²) in [5.74, 6) is -0.419. The summed E-state index contributed by atoms with van der Waals surface area (Å²) in [5, 5.41) is 12.3. The first-order chi connectivity index (χ1) is 10.1. The van der Waals surface area contributed by atoms with Crippen LogP contribution in [-0.4, -0.2) is 47.6 Å². The van der Waals surface area contributed by atoms with Gasteiger partial charge in [-0.2, -0.15) is 0 Å². The number of hydrogen-bond acceptors (Lipinski definition) is 3. The van der Waals surface area contributed by atoms with Gasteiger partial charge in [-0.05, 0) is 18.9 Å². The lowest BCUT2D eigenvalue weighted by Crippen LogP contribution is -2.43. The third-order valence-corrected chi connectivity index (χ3v) is 3.86. The Morgan fingerprint density at radius 2 is 2.14 bits per heavy atom. The molecule has 1 heterocycles. The number of hydrogen-bond donors (Lipinski definition) is 2. The molecule has 21 heavy (non-hydrogen) atoms. The maximum absolute atomic E-state index is 12.2. The van der Waals surface area contributed by atoms with Crippen LogP contribution in [0, 0.1) is 5.92 Å². The number of benzene rings is 1. The zero-order valence-corrected chi connectivity index (χ0v) is 12.3. The van der Waals surface area contributed by atoms with Crippen LogP contribution in [0.5, 0.6) is 0 Å². The van der Waals surface area contributed by atoms with E-state index in [1.165, 1.54) is 0 Å². The predicted molar refractivity (Wildman–Crippen MR) is 79.5 cm³/mol. The fourth-order valence-corrected chi connectivity index (χ4v) is 2.63. The summed E-state index contributed by atoms with van der Waals surface area (Å²) in [6.07, 6.45) is 0.852. The molecule has 114 valence electrons. The molecule has 0 aliphatic carbocycles. The topological polar surface area (TPSA) is 69.6 Å². The Morgan fingerprint density at radius 1 is 1.43 bits per heavy atom. The second-order valence-corrected chi connectivity index (χ2v) is 5.41. The average Bonchev–Trinajstić information content (AvgIpc) is 2.88. The van der Waals surface area contributed by atoms with E-state index in [9.17, 15) is 14.7 Å². The van der Waals surface area contributed by atoms with Crippen LogP contribution in [0.25, 0.3) is 0 Å². The van der Waals surface area contributed by atoms with Gasteiger partial charge in [0, 0.05) is 19.5 Å². The zero-order valence-electron chi connectivity index (χ0n) is 12.3. The molecule has 2 N–H and O–H groups in total. The summed E-state index contributed by atoms with van der Waals surface area (Å²) >= 11 is 0. The number of nitrogens with zero attached hydrogens (tertiary/aromatic N) is 1. The third-order valence-electron chi connectivity index (χ3n) is 3.86. The average molecular weight is 290 g/mol. The van der Waals surface area contributed by atoms with Gasteiger partial charge < -0.3 is 15.3 Å². The third kappa shape index (κ3) is 4.04. The Labute approximate surface area is 125 Å². The number of carbonyl (C=O) groups excluding carboxylic acids is 2. The van der Waals surface area contributed by atoms with Crippen molar-refractivity contribution in [2.75, 3.05) is 19.7 Å². The Morgan fingerprint density at radius 3 is 2.71 bits per heavy atom. The quantitative estimate of drug-likeness (QED) is 0.805. The minimum atomic E-state index is -0.314. The molecule has 1 fully saturated rings. The van der Waals surface area contributed by atoms with Crippen molar-refractivity contribution in [3.05, 3.63) is 35.9 Å². The number of likely N-dealkylation sites (tertiary alicyclic amines) is 1. The van der Waals surface area contributed by atoms with Crippen molar-refractivity contribution in [2.24, 2.45) is 5.92 Å². The molecule has 1 aromatic carbocycles. The predicted octanol–water partition coefficient (Wildman–Crippen LogP) is 0.575. The van der Waals surface area contributed by atoms with Gasteiger partial charge in [-0.25, -0.2) is 0 Å². The molecule has 1 aliphatic rings. The van der Waals surface area contributed by atoms with E-state index in [2.05, 4.69) is 5.32 Å². The number of aliphatic hydroxyl groups is 1. The van der Waals surface area contributed by atoms with Crippen LogP contribution in [0.1, 0.15) is 18.9 Å². The highest BCUT2D eigenvalue weighted by molar-refractivity contribution is 5.89. The largest absolute Gasteiger partial charge is 0.394 e. The molecule has 1 unspecified atom stereocenters. The Balaban J connectivity index is 1.90. The SMILES string of the molecule is CCN1CC(C(=O)N[C@H](CO)Cc2ccccc2)CC1=O. The van der Waals surface area contributed by atoms with Crippen molar-refractivity contribution >= 4 is 11.8 Å². The molecular formula is C16H22N2O3. The van der Waals surface area contributed by atoms with E-state index in [1.807, 2.05) is 37.3 Å². The molecule has 5 nitrogen and oxygen atoms in total. The van der Waals surface area contributed by atoms with E-state index in [-0.39, 0.29) is 36.8 Å². The second kappa shape index (κ2) is 7.22. The molecule has 2 rings (SSSR count). The second-order valence-electron chi connectivity index (χ2n) is 5.41. The monoisotopic (exact) mass is 290 g/mol. The van der Waals surface area contributed by atoms with Crippen molar-refractivity contribution in [3.8, 4) is 0 Å². The number of carbonyl (C=O) groups is 2. The molecule has 0 radical (unpaired) electrons. The van der Waals surface area contributed by atoms with Gasteiger partial charge in [0.2, 0.25) is 11.8 Å². The van der Waals surface area contributed by atoms with Gasteiger partial charge in [0.25, 0.3) is 0 Å². The maximum atomic E-state index is 12.2. The Kier molecular flexibility index (Phi) is 5.33. The summed E-state index contributed by atoms with van der Waals surface area (Å²) in [4.78, 5) is 25.6. The highest BCUT2D eigenvalue weighted by Gasteiger charge is 2.33. The molecule has 0 saturated carbocycles. The first-order valence-electron chi connectivity index (χ1n) is 7.37. The fraction of sp³-hybridized carbons (Fsp3) is 0.500. The first-order valence-corrected chi connectivity index (χ1v) is 7.37. The summed E-state index contributed by atoms with van der Waals surface area (Å²) < 4.78 is 0. The maximum Gasteiger partial charge on any atom is 0.225 e. The lowest BCUT2D eigenvalue weighted by Gasteiger charge is -2.19. The van der Waals surface area contributed by atoms with Gasteiger partial charge >= 0.3 is 0 Å². The van der Waals surface area contributed by atoms with Crippen molar-refractivity contribution in [2.45, 2.75) is 25.8 Å². The molecule has 0 aromatic heterocycles. The highest BCUT2D eigenvalue weighted by Crippen LogP contribution is 2.17. The number of nitrogens with one attached hydrogen (secondary N) is 1. The van der Waals surface area contributed by atoms with Gasteiger partial charge in [-0.1, -0.05) is 30.3 Å². The normalized spacial score (nSPS) is 19.6. The van der Waals surface area contributed by atoms with Gasteiger partial charge in [-0.15, -0.1) is 0 Å². The van der Waals surface area contributed by atoms with Crippen molar-refractivity contribution < 1.29 is 14.7 Å². The minimum Gasteiger partial charge on any atom is -0.394 e. The Bertz CT molecular complexity index is 490.